The highest BCUT2D eigenvalue weighted by molar-refractivity contribution is 7.90. The van der Waals surface area contributed by atoms with E-state index < -0.39 is 10.0 Å². The maximum absolute atomic E-state index is 13.1. The summed E-state index contributed by atoms with van der Waals surface area (Å²) < 4.78 is 27.5. The monoisotopic (exact) mass is 346 g/mol. The SMILES string of the molecule is O=S(=O)(c1ccccc1Cl)n1cc2c3c(cccc31)CNCC2. The molecule has 2 heterocycles. The van der Waals surface area contributed by atoms with Gasteiger partial charge in [0.05, 0.1) is 10.5 Å². The zero-order valence-corrected chi connectivity index (χ0v) is 13.9. The highest BCUT2D eigenvalue weighted by Gasteiger charge is 2.24. The van der Waals surface area contributed by atoms with E-state index in [1.807, 2.05) is 18.2 Å². The van der Waals surface area contributed by atoms with Crippen LogP contribution < -0.4 is 5.32 Å². The summed E-state index contributed by atoms with van der Waals surface area (Å²) in [6, 6.07) is 12.3. The molecule has 0 aliphatic carbocycles. The first kappa shape index (κ1) is 14.8. The fourth-order valence-electron chi connectivity index (χ4n) is 3.16. The van der Waals surface area contributed by atoms with E-state index in [4.69, 9.17) is 11.6 Å². The number of nitrogens with zero attached hydrogens (tertiary/aromatic N) is 1. The molecule has 1 aliphatic rings. The molecule has 0 amide bonds. The summed E-state index contributed by atoms with van der Waals surface area (Å²) in [4.78, 5) is 0.130. The predicted octanol–water partition coefficient (Wildman–Crippen LogP) is 3.18. The quantitative estimate of drug-likeness (QED) is 0.775. The van der Waals surface area contributed by atoms with E-state index in [1.54, 1.807) is 30.5 Å². The van der Waals surface area contributed by atoms with Gasteiger partial charge in [-0.1, -0.05) is 35.9 Å². The molecule has 1 aromatic heterocycles. The van der Waals surface area contributed by atoms with Gasteiger partial charge in [-0.15, -0.1) is 0 Å². The van der Waals surface area contributed by atoms with Gasteiger partial charge in [-0.05, 0) is 42.3 Å². The lowest BCUT2D eigenvalue weighted by atomic mass is 10.1. The van der Waals surface area contributed by atoms with Crippen molar-refractivity contribution in [2.24, 2.45) is 0 Å². The first-order chi connectivity index (χ1) is 11.1. The Bertz CT molecular complexity index is 1010. The summed E-state index contributed by atoms with van der Waals surface area (Å²) >= 11 is 6.12. The molecule has 0 unspecified atom stereocenters. The smallest absolute Gasteiger partial charge is 0.269 e. The number of benzene rings is 2. The highest BCUT2D eigenvalue weighted by Crippen LogP contribution is 2.32. The van der Waals surface area contributed by atoms with Gasteiger partial charge in [-0.25, -0.2) is 12.4 Å². The topological polar surface area (TPSA) is 51.1 Å². The Labute approximate surface area is 139 Å². The zero-order chi connectivity index (χ0) is 16.0. The Morgan fingerprint density at radius 2 is 1.87 bits per heavy atom. The zero-order valence-electron chi connectivity index (χ0n) is 12.3. The standard InChI is InChI=1S/C17H15ClN2O2S/c18-14-5-1-2-7-16(14)23(21,22)20-11-13-8-9-19-10-12-4-3-6-15(20)17(12)13/h1-7,11,19H,8-10H2. The molecule has 0 spiro atoms. The van der Waals surface area contributed by atoms with Crippen molar-refractivity contribution in [1.29, 1.82) is 0 Å². The number of aromatic nitrogens is 1. The van der Waals surface area contributed by atoms with Gasteiger partial charge in [0.2, 0.25) is 0 Å². The summed E-state index contributed by atoms with van der Waals surface area (Å²) in [5, 5.41) is 4.63. The Kier molecular flexibility index (Phi) is 3.44. The molecule has 118 valence electrons. The van der Waals surface area contributed by atoms with Gasteiger partial charge in [-0.2, -0.15) is 0 Å². The number of hydrogen-bond acceptors (Lipinski definition) is 3. The maximum atomic E-state index is 13.1. The largest absolute Gasteiger partial charge is 0.312 e. The van der Waals surface area contributed by atoms with Gasteiger partial charge < -0.3 is 5.32 Å². The van der Waals surface area contributed by atoms with Crippen molar-refractivity contribution in [1.82, 2.24) is 9.29 Å². The molecular formula is C17H15ClN2O2S. The van der Waals surface area contributed by atoms with E-state index in [0.717, 1.165) is 36.0 Å². The lowest BCUT2D eigenvalue weighted by Crippen LogP contribution is -2.15. The lowest BCUT2D eigenvalue weighted by molar-refractivity contribution is 0.589. The van der Waals surface area contributed by atoms with Gasteiger partial charge in [-0.3, -0.25) is 0 Å². The first-order valence-electron chi connectivity index (χ1n) is 7.42. The summed E-state index contributed by atoms with van der Waals surface area (Å²) in [7, 11) is -3.72. The molecule has 2 aromatic carbocycles. The Hall–Kier alpha value is -1.82. The van der Waals surface area contributed by atoms with Crippen molar-refractivity contribution in [2.75, 3.05) is 6.54 Å². The molecule has 6 heteroatoms. The number of rotatable bonds is 2. The summed E-state index contributed by atoms with van der Waals surface area (Å²) in [6.45, 7) is 1.58. The predicted molar refractivity (Wildman–Crippen MR) is 91.4 cm³/mol. The third kappa shape index (κ3) is 2.27. The van der Waals surface area contributed by atoms with E-state index in [-0.39, 0.29) is 9.92 Å². The molecule has 3 aromatic rings. The molecule has 1 N–H and O–H groups in total. The fraction of sp³-hybridized carbons (Fsp3) is 0.176. The maximum Gasteiger partial charge on any atom is 0.269 e. The summed E-state index contributed by atoms with van der Waals surface area (Å²) in [5.74, 6) is 0. The van der Waals surface area contributed by atoms with Gasteiger partial charge in [0.1, 0.15) is 4.90 Å². The molecule has 4 nitrogen and oxygen atoms in total. The van der Waals surface area contributed by atoms with Crippen LogP contribution in [0.15, 0.2) is 53.6 Å². The van der Waals surface area contributed by atoms with E-state index >= 15 is 0 Å². The van der Waals surface area contributed by atoms with Gasteiger partial charge in [0.25, 0.3) is 10.0 Å². The van der Waals surface area contributed by atoms with Crippen LogP contribution in [-0.2, 0) is 23.0 Å². The van der Waals surface area contributed by atoms with Gasteiger partial charge in [0.15, 0.2) is 0 Å². The number of halogens is 1. The number of nitrogens with one attached hydrogen (secondary N) is 1. The first-order valence-corrected chi connectivity index (χ1v) is 9.23. The normalized spacial score (nSPS) is 14.8. The van der Waals surface area contributed by atoms with Crippen LogP contribution in [0.25, 0.3) is 10.9 Å². The average Bonchev–Trinajstić information content (AvgIpc) is 2.79. The van der Waals surface area contributed by atoms with Crippen LogP contribution in [0.1, 0.15) is 11.1 Å². The molecule has 0 saturated heterocycles. The van der Waals surface area contributed by atoms with E-state index in [1.165, 1.54) is 3.97 Å². The fourth-order valence-corrected chi connectivity index (χ4v) is 5.04. The Morgan fingerprint density at radius 3 is 2.70 bits per heavy atom. The van der Waals surface area contributed by atoms with Gasteiger partial charge >= 0.3 is 0 Å². The van der Waals surface area contributed by atoms with Crippen molar-refractivity contribution in [3.05, 3.63) is 64.8 Å². The minimum Gasteiger partial charge on any atom is -0.312 e. The third-order valence-electron chi connectivity index (χ3n) is 4.22. The van der Waals surface area contributed by atoms with Crippen molar-refractivity contribution in [3.63, 3.8) is 0 Å². The Balaban J connectivity index is 2.02. The van der Waals surface area contributed by atoms with Crippen molar-refractivity contribution >= 4 is 32.5 Å². The molecule has 0 radical (unpaired) electrons. The average molecular weight is 347 g/mol. The van der Waals surface area contributed by atoms with Crippen molar-refractivity contribution < 1.29 is 8.42 Å². The second kappa shape index (κ2) is 5.37. The van der Waals surface area contributed by atoms with E-state index in [0.29, 0.717) is 5.52 Å². The van der Waals surface area contributed by atoms with Gasteiger partial charge in [0, 0.05) is 18.1 Å². The molecule has 0 bridgehead atoms. The molecule has 0 saturated carbocycles. The third-order valence-corrected chi connectivity index (χ3v) is 6.39. The van der Waals surface area contributed by atoms with Crippen molar-refractivity contribution in [2.45, 2.75) is 17.9 Å². The minimum atomic E-state index is -3.72. The number of hydrogen-bond donors (Lipinski definition) is 1. The second-order valence-electron chi connectivity index (χ2n) is 5.62. The molecule has 0 fully saturated rings. The van der Waals surface area contributed by atoms with Crippen LogP contribution in [-0.4, -0.2) is 18.9 Å². The van der Waals surface area contributed by atoms with Crippen molar-refractivity contribution in [3.8, 4) is 0 Å². The molecule has 4 rings (SSSR count). The van der Waals surface area contributed by atoms with Crippen LogP contribution in [0.5, 0.6) is 0 Å². The molecular weight excluding hydrogens is 332 g/mol. The molecule has 23 heavy (non-hydrogen) atoms. The molecule has 0 atom stereocenters. The summed E-state index contributed by atoms with van der Waals surface area (Å²) in [6.07, 6.45) is 2.54. The van der Waals surface area contributed by atoms with Crippen LogP contribution in [0, 0.1) is 0 Å². The summed E-state index contributed by atoms with van der Waals surface area (Å²) in [5.41, 5.74) is 2.89. The molecule has 1 aliphatic heterocycles. The van der Waals surface area contributed by atoms with E-state index in [2.05, 4.69) is 5.32 Å². The lowest BCUT2D eigenvalue weighted by Gasteiger charge is -2.10. The van der Waals surface area contributed by atoms with Crippen LogP contribution in [0.4, 0.5) is 0 Å². The highest BCUT2D eigenvalue weighted by atomic mass is 35.5. The second-order valence-corrected chi connectivity index (χ2v) is 7.81. The van der Waals surface area contributed by atoms with Crippen LogP contribution in [0.3, 0.4) is 0 Å². The van der Waals surface area contributed by atoms with Crippen LogP contribution in [0.2, 0.25) is 5.02 Å². The van der Waals surface area contributed by atoms with Crippen LogP contribution >= 0.6 is 11.6 Å². The Morgan fingerprint density at radius 1 is 1.04 bits per heavy atom. The minimum absolute atomic E-state index is 0.130. The van der Waals surface area contributed by atoms with E-state index in [9.17, 15) is 8.42 Å².